The Hall–Kier alpha value is -2.04. The molecule has 0 atom stereocenters. The van der Waals surface area contributed by atoms with Gasteiger partial charge in [0.25, 0.3) is 0 Å². The zero-order valence-corrected chi connectivity index (χ0v) is 14.3. The van der Waals surface area contributed by atoms with E-state index in [-0.39, 0.29) is 6.42 Å². The van der Waals surface area contributed by atoms with Gasteiger partial charge >= 0.3 is 0 Å². The first kappa shape index (κ1) is 17.3. The monoisotopic (exact) mass is 350 g/mol. The van der Waals surface area contributed by atoms with Gasteiger partial charge in [0, 0.05) is 21.4 Å². The van der Waals surface area contributed by atoms with Crippen LogP contribution >= 0.6 is 23.2 Å². The second-order valence-corrected chi connectivity index (χ2v) is 5.96. The minimum Gasteiger partial charge on any atom is -0.326 e. The topological polar surface area (TPSA) is 58.2 Å². The highest BCUT2D eigenvalue weighted by Crippen LogP contribution is 2.23. The van der Waals surface area contributed by atoms with Gasteiger partial charge in [-0.1, -0.05) is 35.3 Å². The normalized spacial score (nSPS) is 10.3. The van der Waals surface area contributed by atoms with Gasteiger partial charge in [-0.15, -0.1) is 0 Å². The summed E-state index contributed by atoms with van der Waals surface area (Å²) in [6, 6.07) is 10.4. The summed E-state index contributed by atoms with van der Waals surface area (Å²) in [7, 11) is 0. The third-order valence-corrected chi connectivity index (χ3v) is 4.14. The summed E-state index contributed by atoms with van der Waals surface area (Å²) in [6.45, 7) is 3.67. The lowest BCUT2D eigenvalue weighted by molar-refractivity contribution is -0.123. The van der Waals surface area contributed by atoms with Crippen LogP contribution in [0.2, 0.25) is 10.0 Å². The molecule has 2 aromatic rings. The molecule has 0 spiro atoms. The number of carbonyl (C=O) groups excluding carboxylic acids is 2. The molecule has 0 aliphatic carbocycles. The molecule has 2 amide bonds. The molecule has 0 fully saturated rings. The van der Waals surface area contributed by atoms with Crippen LogP contribution in [-0.2, 0) is 9.59 Å². The fourth-order valence-electron chi connectivity index (χ4n) is 1.96. The van der Waals surface area contributed by atoms with E-state index in [0.29, 0.717) is 21.4 Å². The van der Waals surface area contributed by atoms with Crippen LogP contribution in [0.15, 0.2) is 36.4 Å². The van der Waals surface area contributed by atoms with Crippen LogP contribution in [0.3, 0.4) is 0 Å². The van der Waals surface area contributed by atoms with E-state index in [2.05, 4.69) is 10.6 Å². The lowest BCUT2D eigenvalue weighted by Gasteiger charge is -2.10. The average molecular weight is 351 g/mol. The SMILES string of the molecule is Cc1ccc(NC(=O)CC(=O)Nc2cccc(Cl)c2C)cc1Cl. The Morgan fingerprint density at radius 3 is 2.35 bits per heavy atom. The van der Waals surface area contributed by atoms with Crippen molar-refractivity contribution in [1.82, 2.24) is 0 Å². The molecule has 0 unspecified atom stereocenters. The van der Waals surface area contributed by atoms with E-state index >= 15 is 0 Å². The van der Waals surface area contributed by atoms with Crippen LogP contribution in [0, 0.1) is 13.8 Å². The van der Waals surface area contributed by atoms with Crippen molar-refractivity contribution in [3.8, 4) is 0 Å². The number of hydrogen-bond donors (Lipinski definition) is 2. The van der Waals surface area contributed by atoms with Gasteiger partial charge in [-0.3, -0.25) is 9.59 Å². The van der Waals surface area contributed by atoms with Gasteiger partial charge in [0.15, 0.2) is 0 Å². The van der Waals surface area contributed by atoms with E-state index in [9.17, 15) is 9.59 Å². The Kier molecular flexibility index (Phi) is 5.64. The highest BCUT2D eigenvalue weighted by molar-refractivity contribution is 6.32. The fraction of sp³-hybridized carbons (Fsp3) is 0.176. The van der Waals surface area contributed by atoms with Crippen LogP contribution in [0.4, 0.5) is 11.4 Å². The Morgan fingerprint density at radius 1 is 0.957 bits per heavy atom. The molecule has 120 valence electrons. The molecule has 0 bridgehead atoms. The molecular weight excluding hydrogens is 335 g/mol. The molecule has 0 aliphatic rings. The predicted molar refractivity (Wildman–Crippen MR) is 94.3 cm³/mol. The number of aryl methyl sites for hydroxylation is 1. The number of carbonyl (C=O) groups is 2. The minimum atomic E-state index is -0.415. The fourth-order valence-corrected chi connectivity index (χ4v) is 2.31. The Morgan fingerprint density at radius 2 is 1.65 bits per heavy atom. The van der Waals surface area contributed by atoms with E-state index < -0.39 is 11.8 Å². The van der Waals surface area contributed by atoms with Crippen molar-refractivity contribution in [3.63, 3.8) is 0 Å². The van der Waals surface area contributed by atoms with Gasteiger partial charge < -0.3 is 10.6 Å². The highest BCUT2D eigenvalue weighted by atomic mass is 35.5. The first-order valence-corrected chi connectivity index (χ1v) is 7.73. The molecule has 0 aromatic heterocycles. The molecule has 6 heteroatoms. The second kappa shape index (κ2) is 7.49. The number of nitrogens with one attached hydrogen (secondary N) is 2. The summed E-state index contributed by atoms with van der Waals surface area (Å²) in [5.74, 6) is -0.826. The Balaban J connectivity index is 1.95. The van der Waals surface area contributed by atoms with Crippen molar-refractivity contribution in [1.29, 1.82) is 0 Å². The summed E-state index contributed by atoms with van der Waals surface area (Å²) in [5.41, 5.74) is 2.82. The van der Waals surface area contributed by atoms with Crippen LogP contribution in [0.5, 0.6) is 0 Å². The summed E-state index contributed by atoms with van der Waals surface area (Å²) >= 11 is 12.0. The largest absolute Gasteiger partial charge is 0.326 e. The quantitative estimate of drug-likeness (QED) is 0.793. The highest BCUT2D eigenvalue weighted by Gasteiger charge is 2.12. The number of hydrogen-bond acceptors (Lipinski definition) is 2. The molecule has 0 saturated carbocycles. The number of amides is 2. The van der Waals surface area contributed by atoms with Crippen molar-refractivity contribution in [2.75, 3.05) is 10.6 Å². The van der Waals surface area contributed by atoms with Crippen molar-refractivity contribution in [2.45, 2.75) is 20.3 Å². The van der Waals surface area contributed by atoms with Crippen molar-refractivity contribution >= 4 is 46.4 Å². The molecule has 0 radical (unpaired) electrons. The molecule has 0 heterocycles. The summed E-state index contributed by atoms with van der Waals surface area (Å²) in [5, 5.41) is 6.43. The lowest BCUT2D eigenvalue weighted by Crippen LogP contribution is -2.21. The van der Waals surface area contributed by atoms with E-state index in [1.54, 1.807) is 43.3 Å². The van der Waals surface area contributed by atoms with Gasteiger partial charge in [-0.25, -0.2) is 0 Å². The third kappa shape index (κ3) is 4.71. The molecule has 2 rings (SSSR count). The molecule has 0 aliphatic heterocycles. The van der Waals surface area contributed by atoms with Gasteiger partial charge in [0.1, 0.15) is 6.42 Å². The smallest absolute Gasteiger partial charge is 0.233 e. The maximum absolute atomic E-state index is 12.0. The van der Waals surface area contributed by atoms with E-state index in [4.69, 9.17) is 23.2 Å². The predicted octanol–water partition coefficient (Wildman–Crippen LogP) is 4.58. The van der Waals surface area contributed by atoms with Crippen LogP contribution < -0.4 is 10.6 Å². The van der Waals surface area contributed by atoms with Gasteiger partial charge in [-0.05, 0) is 49.2 Å². The zero-order chi connectivity index (χ0) is 17.0. The van der Waals surface area contributed by atoms with E-state index in [1.165, 1.54) is 0 Å². The van der Waals surface area contributed by atoms with Gasteiger partial charge in [-0.2, -0.15) is 0 Å². The number of rotatable bonds is 4. The second-order valence-electron chi connectivity index (χ2n) is 5.15. The van der Waals surface area contributed by atoms with Crippen LogP contribution in [0.25, 0.3) is 0 Å². The van der Waals surface area contributed by atoms with Crippen molar-refractivity contribution < 1.29 is 9.59 Å². The van der Waals surface area contributed by atoms with Crippen LogP contribution in [-0.4, -0.2) is 11.8 Å². The average Bonchev–Trinajstić information content (AvgIpc) is 2.47. The van der Waals surface area contributed by atoms with Crippen molar-refractivity contribution in [3.05, 3.63) is 57.6 Å². The Bertz CT molecular complexity index is 760. The molecule has 0 saturated heterocycles. The molecule has 2 aromatic carbocycles. The van der Waals surface area contributed by atoms with E-state index in [0.717, 1.165) is 11.1 Å². The third-order valence-electron chi connectivity index (χ3n) is 3.32. The Labute approximate surface area is 144 Å². The first-order chi connectivity index (χ1) is 10.9. The first-order valence-electron chi connectivity index (χ1n) is 6.98. The maximum Gasteiger partial charge on any atom is 0.233 e. The summed E-state index contributed by atoms with van der Waals surface area (Å²) in [6.07, 6.45) is -0.294. The van der Waals surface area contributed by atoms with Gasteiger partial charge in [0.05, 0.1) is 0 Å². The summed E-state index contributed by atoms with van der Waals surface area (Å²) in [4.78, 5) is 23.9. The molecule has 23 heavy (non-hydrogen) atoms. The maximum atomic E-state index is 12.0. The van der Waals surface area contributed by atoms with Crippen LogP contribution in [0.1, 0.15) is 17.5 Å². The minimum absolute atomic E-state index is 0.294. The number of benzene rings is 2. The van der Waals surface area contributed by atoms with Gasteiger partial charge in [0.2, 0.25) is 11.8 Å². The lowest BCUT2D eigenvalue weighted by atomic mass is 10.2. The number of anilines is 2. The van der Waals surface area contributed by atoms with Crippen molar-refractivity contribution in [2.24, 2.45) is 0 Å². The molecule has 4 nitrogen and oxygen atoms in total. The summed E-state index contributed by atoms with van der Waals surface area (Å²) < 4.78 is 0. The molecule has 2 N–H and O–H groups in total. The number of halogens is 2. The standard InChI is InChI=1S/C17H16Cl2N2O2/c1-10-6-7-12(8-14(10)19)20-16(22)9-17(23)21-15-5-3-4-13(18)11(15)2/h3-8H,9H2,1-2H3,(H,20,22)(H,21,23). The molecular formula is C17H16Cl2N2O2. The van der Waals surface area contributed by atoms with E-state index in [1.807, 2.05) is 6.92 Å². The zero-order valence-electron chi connectivity index (χ0n) is 12.7.